The second-order valence-corrected chi connectivity index (χ2v) is 3.39. The van der Waals surface area contributed by atoms with E-state index in [2.05, 4.69) is 0 Å². The van der Waals surface area contributed by atoms with Gasteiger partial charge in [-0.15, -0.1) is 0 Å². The summed E-state index contributed by atoms with van der Waals surface area (Å²) < 4.78 is 0. The Morgan fingerprint density at radius 2 is 1.70 bits per heavy atom. The molecular weight excluding hydrogens is 130 g/mol. The fourth-order valence-electron chi connectivity index (χ4n) is 0.555. The van der Waals surface area contributed by atoms with Gasteiger partial charge in [0.15, 0.2) is 0 Å². The zero-order chi connectivity index (χ0) is 7.49. The molecule has 0 saturated carbocycles. The first-order chi connectivity index (χ1) is 3.98. The third-order valence-electron chi connectivity index (χ3n) is 1.40. The number of hydrogen-bond donors (Lipinski definition) is 3. The summed E-state index contributed by atoms with van der Waals surface area (Å²) in [5, 5.41) is 17.7. The summed E-state index contributed by atoms with van der Waals surface area (Å²) in [6, 6.07) is 0. The van der Waals surface area contributed by atoms with Gasteiger partial charge >= 0.3 is 0 Å². The van der Waals surface area contributed by atoms with Crippen LogP contribution < -0.4 is 6.15 Å². The van der Waals surface area contributed by atoms with Crippen LogP contribution in [-0.4, -0.2) is 22.9 Å². The first-order valence-electron chi connectivity index (χ1n) is 3.27. The molecule has 0 aromatic rings. The molecule has 0 aromatic carbocycles. The highest BCUT2D eigenvalue weighted by molar-refractivity contribution is 4.71. The topological polar surface area (TPSA) is 75.5 Å². The van der Waals surface area contributed by atoms with Crippen molar-refractivity contribution in [2.75, 3.05) is 6.61 Å². The molecule has 3 nitrogen and oxygen atoms in total. The molecule has 0 amide bonds. The minimum absolute atomic E-state index is 0. The van der Waals surface area contributed by atoms with Crippen LogP contribution in [0.4, 0.5) is 0 Å². The Labute approximate surface area is 62.7 Å². The van der Waals surface area contributed by atoms with Crippen molar-refractivity contribution in [3.05, 3.63) is 0 Å². The van der Waals surface area contributed by atoms with Crippen LogP contribution >= 0.6 is 0 Å². The first kappa shape index (κ1) is 12.5. The van der Waals surface area contributed by atoms with E-state index in [9.17, 15) is 5.11 Å². The van der Waals surface area contributed by atoms with Crippen LogP contribution in [0.15, 0.2) is 0 Å². The first-order valence-corrected chi connectivity index (χ1v) is 3.27. The third kappa shape index (κ3) is 4.73. The van der Waals surface area contributed by atoms with Crippen LogP contribution in [0.25, 0.3) is 0 Å². The molecule has 1 unspecified atom stereocenters. The van der Waals surface area contributed by atoms with E-state index in [0.29, 0.717) is 6.42 Å². The monoisotopic (exact) mass is 149 g/mol. The zero-order valence-electron chi connectivity index (χ0n) is 7.09. The molecule has 0 rings (SSSR count). The molecule has 0 aromatic heterocycles. The van der Waals surface area contributed by atoms with E-state index in [1.807, 2.05) is 20.8 Å². The number of aliphatic hydroxyl groups is 2. The van der Waals surface area contributed by atoms with Crippen molar-refractivity contribution < 1.29 is 10.2 Å². The molecule has 0 aliphatic heterocycles. The van der Waals surface area contributed by atoms with Gasteiger partial charge < -0.3 is 16.4 Å². The lowest BCUT2D eigenvalue weighted by atomic mass is 9.87. The van der Waals surface area contributed by atoms with Crippen LogP contribution in [0.5, 0.6) is 0 Å². The van der Waals surface area contributed by atoms with Gasteiger partial charge in [0.1, 0.15) is 0 Å². The van der Waals surface area contributed by atoms with E-state index in [-0.39, 0.29) is 24.3 Å². The number of aliphatic hydroxyl groups excluding tert-OH is 2. The highest BCUT2D eigenvalue weighted by atomic mass is 16.3. The largest absolute Gasteiger partial charge is 0.396 e. The van der Waals surface area contributed by atoms with Crippen molar-refractivity contribution in [1.82, 2.24) is 6.15 Å². The van der Waals surface area contributed by atoms with Crippen molar-refractivity contribution in [2.45, 2.75) is 33.3 Å². The summed E-state index contributed by atoms with van der Waals surface area (Å²) in [6.07, 6.45) is 0.0891. The summed E-state index contributed by atoms with van der Waals surface area (Å²) in [6.45, 7) is 5.92. The summed E-state index contributed by atoms with van der Waals surface area (Å²) >= 11 is 0. The van der Waals surface area contributed by atoms with Crippen LogP contribution in [0.1, 0.15) is 27.2 Å². The molecule has 0 bridgehead atoms. The minimum atomic E-state index is -0.387. The van der Waals surface area contributed by atoms with Crippen LogP contribution in [0.3, 0.4) is 0 Å². The maximum absolute atomic E-state index is 9.23. The zero-order valence-corrected chi connectivity index (χ0v) is 7.09. The van der Waals surface area contributed by atoms with Crippen molar-refractivity contribution in [1.29, 1.82) is 0 Å². The Morgan fingerprint density at radius 1 is 1.30 bits per heavy atom. The molecule has 64 valence electrons. The van der Waals surface area contributed by atoms with Gasteiger partial charge in [0.25, 0.3) is 0 Å². The van der Waals surface area contributed by atoms with Gasteiger partial charge in [-0.2, -0.15) is 0 Å². The molecule has 1 atom stereocenters. The highest BCUT2D eigenvalue weighted by Crippen LogP contribution is 2.20. The molecule has 3 heteroatoms. The Bertz CT molecular complexity index is 78.2. The lowest BCUT2D eigenvalue weighted by molar-refractivity contribution is 0.0405. The van der Waals surface area contributed by atoms with Crippen LogP contribution in [0.2, 0.25) is 0 Å². The van der Waals surface area contributed by atoms with Crippen molar-refractivity contribution in [3.8, 4) is 0 Å². The highest BCUT2D eigenvalue weighted by Gasteiger charge is 2.20. The van der Waals surface area contributed by atoms with Gasteiger partial charge in [0, 0.05) is 6.61 Å². The fraction of sp³-hybridized carbons (Fsp3) is 1.00. The van der Waals surface area contributed by atoms with E-state index in [0.717, 1.165) is 0 Å². The maximum Gasteiger partial charge on any atom is 0.0610 e. The standard InChI is InChI=1S/C7H16O2.H3N/c1-7(2,3)6(9)4-5-8;/h6,8-9H,4-5H2,1-3H3;1H3. The third-order valence-corrected chi connectivity index (χ3v) is 1.40. The van der Waals surface area contributed by atoms with Crippen LogP contribution in [0, 0.1) is 5.41 Å². The van der Waals surface area contributed by atoms with Crippen molar-refractivity contribution in [3.63, 3.8) is 0 Å². The molecule has 0 spiro atoms. The Hall–Kier alpha value is -0.120. The molecule has 0 radical (unpaired) electrons. The second-order valence-electron chi connectivity index (χ2n) is 3.39. The van der Waals surface area contributed by atoms with E-state index in [1.165, 1.54) is 0 Å². The van der Waals surface area contributed by atoms with Gasteiger partial charge in [-0.1, -0.05) is 20.8 Å². The molecule has 10 heavy (non-hydrogen) atoms. The van der Waals surface area contributed by atoms with E-state index < -0.39 is 0 Å². The number of hydrogen-bond acceptors (Lipinski definition) is 3. The predicted octanol–water partition coefficient (Wildman–Crippen LogP) is 0.938. The summed E-state index contributed by atoms with van der Waals surface area (Å²) in [7, 11) is 0. The minimum Gasteiger partial charge on any atom is -0.396 e. The lowest BCUT2D eigenvalue weighted by Crippen LogP contribution is -2.26. The van der Waals surface area contributed by atoms with Crippen molar-refractivity contribution >= 4 is 0 Å². The SMILES string of the molecule is CC(C)(C)C(O)CCO.N. The van der Waals surface area contributed by atoms with Crippen LogP contribution in [-0.2, 0) is 0 Å². The molecule has 0 fully saturated rings. The fourth-order valence-corrected chi connectivity index (χ4v) is 0.555. The lowest BCUT2D eigenvalue weighted by Gasteiger charge is -2.24. The van der Waals surface area contributed by atoms with Gasteiger partial charge in [-0.05, 0) is 11.8 Å². The average molecular weight is 149 g/mol. The molecule has 0 aliphatic carbocycles. The van der Waals surface area contributed by atoms with Crippen molar-refractivity contribution in [2.24, 2.45) is 5.41 Å². The summed E-state index contributed by atoms with van der Waals surface area (Å²) in [4.78, 5) is 0. The molecule has 0 aliphatic rings. The Morgan fingerprint density at radius 3 is 1.80 bits per heavy atom. The van der Waals surface area contributed by atoms with Gasteiger partial charge in [-0.3, -0.25) is 0 Å². The molecule has 5 N–H and O–H groups in total. The number of rotatable bonds is 2. The smallest absolute Gasteiger partial charge is 0.0610 e. The van der Waals surface area contributed by atoms with Gasteiger partial charge in [0.2, 0.25) is 0 Å². The van der Waals surface area contributed by atoms with E-state index >= 15 is 0 Å². The summed E-state index contributed by atoms with van der Waals surface area (Å²) in [5.74, 6) is 0. The predicted molar refractivity (Wildman–Crippen MR) is 42.2 cm³/mol. The summed E-state index contributed by atoms with van der Waals surface area (Å²) in [5.41, 5.74) is -0.0945. The molecule has 0 saturated heterocycles. The maximum atomic E-state index is 9.23. The average Bonchev–Trinajstić information content (AvgIpc) is 1.64. The van der Waals surface area contributed by atoms with Gasteiger partial charge in [0.05, 0.1) is 6.10 Å². The Kier molecular flexibility index (Phi) is 5.84. The normalized spacial score (nSPS) is 14.1. The van der Waals surface area contributed by atoms with E-state index in [1.54, 1.807) is 0 Å². The van der Waals surface area contributed by atoms with E-state index in [4.69, 9.17) is 5.11 Å². The second kappa shape index (κ2) is 4.66. The Balaban J connectivity index is 0. The van der Waals surface area contributed by atoms with Gasteiger partial charge in [-0.25, -0.2) is 0 Å². The molecular formula is C7H19NO2. The quantitative estimate of drug-likeness (QED) is 0.547. The molecule has 0 heterocycles.